The zero-order valence-corrected chi connectivity index (χ0v) is 15.8. The van der Waals surface area contributed by atoms with Gasteiger partial charge >= 0.3 is 0 Å². The third-order valence-corrected chi connectivity index (χ3v) is 8.92. The molecule has 0 radical (unpaired) electrons. The van der Waals surface area contributed by atoms with E-state index in [4.69, 9.17) is 0 Å². The molecule has 0 aromatic heterocycles. The van der Waals surface area contributed by atoms with Gasteiger partial charge in [-0.05, 0) is 44.4 Å². The Morgan fingerprint density at radius 3 is 2.12 bits per heavy atom. The molecule has 2 heterocycles. The monoisotopic (exact) mass is 356 g/mol. The van der Waals surface area contributed by atoms with Gasteiger partial charge in [-0.25, -0.2) is 8.42 Å². The summed E-state index contributed by atoms with van der Waals surface area (Å²) >= 11 is 0. The summed E-state index contributed by atoms with van der Waals surface area (Å²) in [5.41, 5.74) is 0. The third-order valence-electron chi connectivity index (χ3n) is 6.05. The number of amides is 1. The number of piperidine rings is 1. The largest absolute Gasteiger partial charge is 0.352 e. The highest BCUT2D eigenvalue weighted by molar-refractivity contribution is 7.93. The van der Waals surface area contributed by atoms with Crippen LogP contribution in [0.25, 0.3) is 0 Å². The first-order valence-corrected chi connectivity index (χ1v) is 11.3. The summed E-state index contributed by atoms with van der Waals surface area (Å²) < 4.78 is 26.2. The standard InChI is InChI=1S/C18H32N2O3S/c1-12(2)17(24(22,23)16-6-4-3-5-7-16)18(21)20-15-10-13-8-9-14(11-15)19-13/h12-17,19H,3-11H2,1-2H3,(H,20,21). The Labute approximate surface area is 146 Å². The maximum absolute atomic E-state index is 13.1. The fourth-order valence-electron chi connectivity index (χ4n) is 4.89. The molecule has 2 bridgehead atoms. The van der Waals surface area contributed by atoms with E-state index in [2.05, 4.69) is 10.6 Å². The molecule has 5 nitrogen and oxygen atoms in total. The average Bonchev–Trinajstić information content (AvgIpc) is 2.86. The maximum Gasteiger partial charge on any atom is 0.238 e. The number of carbonyl (C=O) groups excluding carboxylic acids is 1. The van der Waals surface area contributed by atoms with Crippen LogP contribution in [0.2, 0.25) is 0 Å². The van der Waals surface area contributed by atoms with Crippen molar-refractivity contribution in [2.45, 2.75) is 100 Å². The van der Waals surface area contributed by atoms with Gasteiger partial charge in [-0.1, -0.05) is 33.1 Å². The van der Waals surface area contributed by atoms with E-state index in [9.17, 15) is 13.2 Å². The number of hydrogen-bond donors (Lipinski definition) is 2. The van der Waals surface area contributed by atoms with Gasteiger partial charge in [0.1, 0.15) is 5.25 Å². The van der Waals surface area contributed by atoms with Crippen molar-refractivity contribution in [3.8, 4) is 0 Å². The Kier molecular flexibility index (Phi) is 5.55. The van der Waals surface area contributed by atoms with Crippen LogP contribution in [0, 0.1) is 5.92 Å². The van der Waals surface area contributed by atoms with Crippen molar-refractivity contribution in [2.24, 2.45) is 5.92 Å². The average molecular weight is 357 g/mol. The number of rotatable bonds is 5. The molecule has 3 aliphatic rings. The summed E-state index contributed by atoms with van der Waals surface area (Å²) in [5, 5.41) is 5.43. The van der Waals surface area contributed by atoms with Crippen LogP contribution in [0.4, 0.5) is 0 Å². The molecule has 1 saturated carbocycles. The molecule has 2 N–H and O–H groups in total. The predicted octanol–water partition coefficient (Wildman–Crippen LogP) is 2.16. The molecule has 3 fully saturated rings. The predicted molar refractivity (Wildman–Crippen MR) is 95.5 cm³/mol. The van der Waals surface area contributed by atoms with Crippen molar-refractivity contribution < 1.29 is 13.2 Å². The molecule has 0 spiro atoms. The number of carbonyl (C=O) groups is 1. The van der Waals surface area contributed by atoms with Gasteiger partial charge < -0.3 is 10.6 Å². The highest BCUT2D eigenvalue weighted by atomic mass is 32.2. The summed E-state index contributed by atoms with van der Waals surface area (Å²) in [6.07, 6.45) is 8.68. The molecule has 1 amide bonds. The number of hydrogen-bond acceptors (Lipinski definition) is 4. The molecule has 2 saturated heterocycles. The van der Waals surface area contributed by atoms with Gasteiger partial charge in [0.15, 0.2) is 9.84 Å². The lowest BCUT2D eigenvalue weighted by atomic mass is 9.99. The molecule has 3 rings (SSSR count). The first kappa shape index (κ1) is 18.2. The highest BCUT2D eigenvalue weighted by Gasteiger charge is 2.42. The van der Waals surface area contributed by atoms with Crippen molar-refractivity contribution in [2.75, 3.05) is 0 Å². The van der Waals surface area contributed by atoms with Crippen molar-refractivity contribution in [1.29, 1.82) is 0 Å². The van der Waals surface area contributed by atoms with Gasteiger partial charge in [-0.2, -0.15) is 0 Å². The van der Waals surface area contributed by atoms with Crippen LogP contribution in [-0.4, -0.2) is 43.0 Å². The van der Waals surface area contributed by atoms with Crippen molar-refractivity contribution in [1.82, 2.24) is 10.6 Å². The molecule has 2 aliphatic heterocycles. The minimum absolute atomic E-state index is 0.124. The molecule has 0 aromatic carbocycles. The smallest absolute Gasteiger partial charge is 0.238 e. The van der Waals surface area contributed by atoms with Crippen LogP contribution in [-0.2, 0) is 14.6 Å². The van der Waals surface area contributed by atoms with E-state index in [1.54, 1.807) is 0 Å². The molecule has 6 heteroatoms. The van der Waals surface area contributed by atoms with E-state index in [1.165, 1.54) is 12.8 Å². The topological polar surface area (TPSA) is 75.3 Å². The first-order chi connectivity index (χ1) is 11.4. The molecule has 0 aromatic rings. The zero-order valence-electron chi connectivity index (χ0n) is 15.0. The summed E-state index contributed by atoms with van der Waals surface area (Å²) in [5.74, 6) is -0.447. The van der Waals surface area contributed by atoms with Crippen molar-refractivity contribution in [3.63, 3.8) is 0 Å². The van der Waals surface area contributed by atoms with E-state index in [1.807, 2.05) is 13.8 Å². The van der Waals surface area contributed by atoms with Gasteiger partial charge in [0.2, 0.25) is 5.91 Å². The van der Waals surface area contributed by atoms with Gasteiger partial charge in [0.05, 0.1) is 5.25 Å². The van der Waals surface area contributed by atoms with E-state index >= 15 is 0 Å². The Morgan fingerprint density at radius 1 is 1.00 bits per heavy atom. The van der Waals surface area contributed by atoms with Crippen LogP contribution in [0.5, 0.6) is 0 Å². The summed E-state index contributed by atoms with van der Waals surface area (Å²) in [7, 11) is -3.41. The number of sulfone groups is 1. The third kappa shape index (κ3) is 3.79. The van der Waals surface area contributed by atoms with Crippen LogP contribution in [0.15, 0.2) is 0 Å². The normalized spacial score (nSPS) is 32.7. The molecular formula is C18H32N2O3S. The van der Waals surface area contributed by atoms with Crippen LogP contribution in [0.3, 0.4) is 0 Å². The van der Waals surface area contributed by atoms with E-state index < -0.39 is 15.1 Å². The second kappa shape index (κ2) is 7.32. The van der Waals surface area contributed by atoms with Gasteiger partial charge in [0, 0.05) is 18.1 Å². The molecule has 3 atom stereocenters. The van der Waals surface area contributed by atoms with E-state index in [0.717, 1.165) is 44.9 Å². The quantitative estimate of drug-likeness (QED) is 0.791. The van der Waals surface area contributed by atoms with Gasteiger partial charge in [0.25, 0.3) is 0 Å². The lowest BCUT2D eigenvalue weighted by Crippen LogP contribution is -2.53. The number of nitrogens with one attached hydrogen (secondary N) is 2. The fourth-order valence-corrected chi connectivity index (χ4v) is 7.42. The van der Waals surface area contributed by atoms with Crippen LogP contribution >= 0.6 is 0 Å². The summed E-state index contributed by atoms with van der Waals surface area (Å²) in [6, 6.07) is 1.10. The Morgan fingerprint density at radius 2 is 1.58 bits per heavy atom. The van der Waals surface area contributed by atoms with Crippen LogP contribution < -0.4 is 10.6 Å². The van der Waals surface area contributed by atoms with E-state index in [0.29, 0.717) is 12.1 Å². The SMILES string of the molecule is CC(C)C(C(=O)NC1CC2CCC(C1)N2)S(=O)(=O)C1CCCCC1. The molecule has 1 aliphatic carbocycles. The first-order valence-electron chi connectivity index (χ1n) is 9.67. The molecule has 138 valence electrons. The van der Waals surface area contributed by atoms with E-state index in [-0.39, 0.29) is 23.1 Å². The fraction of sp³-hybridized carbons (Fsp3) is 0.944. The second-order valence-electron chi connectivity index (χ2n) is 8.33. The Bertz CT molecular complexity index is 543. The number of fused-ring (bicyclic) bond motifs is 2. The highest BCUT2D eigenvalue weighted by Crippen LogP contribution is 2.30. The molecule has 3 unspecified atom stereocenters. The zero-order chi connectivity index (χ0) is 17.3. The minimum atomic E-state index is -3.41. The summed E-state index contributed by atoms with van der Waals surface area (Å²) in [4.78, 5) is 12.9. The Balaban J connectivity index is 1.69. The lowest BCUT2D eigenvalue weighted by Gasteiger charge is -2.33. The minimum Gasteiger partial charge on any atom is -0.352 e. The maximum atomic E-state index is 13.1. The van der Waals surface area contributed by atoms with Gasteiger partial charge in [-0.15, -0.1) is 0 Å². The molecular weight excluding hydrogens is 324 g/mol. The summed E-state index contributed by atoms with van der Waals surface area (Å²) in [6.45, 7) is 3.72. The lowest BCUT2D eigenvalue weighted by molar-refractivity contribution is -0.122. The van der Waals surface area contributed by atoms with Crippen molar-refractivity contribution in [3.05, 3.63) is 0 Å². The van der Waals surface area contributed by atoms with Crippen LogP contribution in [0.1, 0.15) is 71.6 Å². The van der Waals surface area contributed by atoms with Crippen molar-refractivity contribution >= 4 is 15.7 Å². The second-order valence-corrected chi connectivity index (χ2v) is 10.7. The molecule has 24 heavy (non-hydrogen) atoms. The Hall–Kier alpha value is -0.620. The van der Waals surface area contributed by atoms with Gasteiger partial charge in [-0.3, -0.25) is 4.79 Å².